The number of nitrogens with zero attached hydrogens (tertiary/aromatic N) is 4. The van der Waals surface area contributed by atoms with Gasteiger partial charge >= 0.3 is 6.09 Å². The summed E-state index contributed by atoms with van der Waals surface area (Å²) in [6.45, 7) is 1.79. The lowest BCUT2D eigenvalue weighted by molar-refractivity contribution is -0.0170. The average Bonchev–Trinajstić information content (AvgIpc) is 3.13. The number of alkyl halides is 2. The fourth-order valence-corrected chi connectivity index (χ4v) is 4.02. The maximum atomic E-state index is 13.7. The first-order valence-electron chi connectivity index (χ1n) is 9.42. The molecule has 5 rings (SSSR count). The molecule has 0 aliphatic carbocycles. The highest BCUT2D eigenvalue weighted by Gasteiger charge is 2.38. The van der Waals surface area contributed by atoms with Gasteiger partial charge in [-0.05, 0) is 32.0 Å². The summed E-state index contributed by atoms with van der Waals surface area (Å²) in [5.41, 5.74) is 1.67. The number of hydrogen-bond acceptors (Lipinski definition) is 6. The van der Waals surface area contributed by atoms with Crippen molar-refractivity contribution in [1.29, 1.82) is 0 Å². The summed E-state index contributed by atoms with van der Waals surface area (Å²) in [6.07, 6.45) is -2.55. The molecule has 0 saturated carbocycles. The summed E-state index contributed by atoms with van der Waals surface area (Å²) in [6, 6.07) is 7.85. The molecule has 3 aromatic rings. The zero-order valence-electron chi connectivity index (χ0n) is 15.3. The molecule has 2 aliphatic rings. The van der Waals surface area contributed by atoms with Crippen LogP contribution in [0.25, 0.3) is 22.3 Å². The molecule has 0 bridgehead atoms. The number of nitrogens with one attached hydrogen (secondary N) is 2. The van der Waals surface area contributed by atoms with Gasteiger partial charge in [-0.1, -0.05) is 18.2 Å². The van der Waals surface area contributed by atoms with Gasteiger partial charge in [0.05, 0.1) is 17.1 Å². The lowest BCUT2D eigenvalue weighted by Gasteiger charge is -2.26. The number of carbonyl (C=O) groups is 1. The summed E-state index contributed by atoms with van der Waals surface area (Å²) in [7, 11) is 0. The summed E-state index contributed by atoms with van der Waals surface area (Å²) in [4.78, 5) is 19.9. The zero-order valence-corrected chi connectivity index (χ0v) is 15.3. The molecule has 1 saturated heterocycles. The van der Waals surface area contributed by atoms with E-state index in [4.69, 9.17) is 9.84 Å². The van der Waals surface area contributed by atoms with E-state index in [2.05, 4.69) is 20.6 Å². The number of rotatable bonds is 3. The maximum absolute atomic E-state index is 13.7. The van der Waals surface area contributed by atoms with E-state index in [-0.39, 0.29) is 23.1 Å². The summed E-state index contributed by atoms with van der Waals surface area (Å²) >= 11 is 0. The Kier molecular flexibility index (Phi) is 4.35. The van der Waals surface area contributed by atoms with E-state index in [0.29, 0.717) is 5.69 Å². The van der Waals surface area contributed by atoms with Gasteiger partial charge in [-0.25, -0.2) is 23.5 Å². The Morgan fingerprint density at radius 3 is 2.72 bits per heavy atom. The molecule has 1 fully saturated rings. The van der Waals surface area contributed by atoms with Crippen molar-refractivity contribution in [2.45, 2.75) is 31.4 Å². The molecule has 4 heterocycles. The van der Waals surface area contributed by atoms with Crippen molar-refractivity contribution in [2.24, 2.45) is 0 Å². The third-order valence-electron chi connectivity index (χ3n) is 5.34. The SMILES string of the molecule is O=C1Nc2ncnc(-c3nn(C4CCNCC4)c4ccccc34)c2[C@H](C(F)F)O1. The second kappa shape index (κ2) is 7.03. The minimum absolute atomic E-state index is 0.0250. The number of ether oxygens (including phenoxy) is 1. The van der Waals surface area contributed by atoms with Gasteiger partial charge in [0.1, 0.15) is 23.5 Å². The highest BCUT2D eigenvalue weighted by atomic mass is 19.3. The van der Waals surface area contributed by atoms with Gasteiger partial charge in [0.2, 0.25) is 0 Å². The zero-order chi connectivity index (χ0) is 20.0. The fourth-order valence-electron chi connectivity index (χ4n) is 4.02. The highest BCUT2D eigenvalue weighted by Crippen LogP contribution is 2.41. The molecular formula is C19H18F2N6O2. The van der Waals surface area contributed by atoms with E-state index < -0.39 is 18.6 Å². The molecule has 8 nitrogen and oxygen atoms in total. The number of piperidine rings is 1. The lowest BCUT2D eigenvalue weighted by atomic mass is 10.0. The average molecular weight is 400 g/mol. The molecule has 1 aromatic carbocycles. The van der Waals surface area contributed by atoms with E-state index in [1.165, 1.54) is 6.33 Å². The van der Waals surface area contributed by atoms with Crippen molar-refractivity contribution in [3.63, 3.8) is 0 Å². The van der Waals surface area contributed by atoms with Gasteiger partial charge in [-0.3, -0.25) is 10.00 Å². The van der Waals surface area contributed by atoms with E-state index in [9.17, 15) is 13.6 Å². The van der Waals surface area contributed by atoms with Crippen LogP contribution in [0, 0.1) is 0 Å². The first kappa shape index (κ1) is 17.9. The fraction of sp³-hybridized carbons (Fsp3) is 0.368. The van der Waals surface area contributed by atoms with Crippen LogP contribution in [0.4, 0.5) is 19.4 Å². The smallest absolute Gasteiger partial charge is 0.413 e. The number of anilines is 1. The van der Waals surface area contributed by atoms with Crippen LogP contribution in [0.5, 0.6) is 0 Å². The van der Waals surface area contributed by atoms with Gasteiger partial charge < -0.3 is 10.1 Å². The maximum Gasteiger partial charge on any atom is 0.413 e. The normalized spacial score (nSPS) is 19.8. The standard InChI is InChI=1S/C19H18F2N6O2/c20-17(21)16-13-15(23-9-24-18(13)25-19(28)29-16)14-11-3-1-2-4-12(11)27(26-14)10-5-7-22-8-6-10/h1-4,9-10,16-17,22H,5-8H2,(H,23,24,25,28)/t16-/m1/s1. The van der Waals surface area contributed by atoms with Gasteiger partial charge in [0.15, 0.2) is 6.10 Å². The van der Waals surface area contributed by atoms with Crippen LogP contribution in [0.1, 0.15) is 30.6 Å². The summed E-state index contributed by atoms with van der Waals surface area (Å²) in [5, 5.41) is 11.3. The van der Waals surface area contributed by atoms with Crippen molar-refractivity contribution in [2.75, 3.05) is 18.4 Å². The Hall–Kier alpha value is -3.14. The number of aromatic nitrogens is 4. The number of para-hydroxylation sites is 1. The third-order valence-corrected chi connectivity index (χ3v) is 5.34. The molecule has 2 aromatic heterocycles. The Morgan fingerprint density at radius 1 is 1.14 bits per heavy atom. The van der Waals surface area contributed by atoms with E-state index in [1.54, 1.807) is 0 Å². The Balaban J connectivity index is 1.71. The monoisotopic (exact) mass is 400 g/mol. The van der Waals surface area contributed by atoms with Crippen LogP contribution in [0.3, 0.4) is 0 Å². The number of benzene rings is 1. The topological polar surface area (TPSA) is 94.0 Å². The number of cyclic esters (lactones) is 1. The van der Waals surface area contributed by atoms with Gasteiger partial charge in [0, 0.05) is 5.39 Å². The molecule has 10 heteroatoms. The largest absolute Gasteiger partial charge is 0.435 e. The van der Waals surface area contributed by atoms with Crippen molar-refractivity contribution < 1.29 is 18.3 Å². The first-order chi connectivity index (χ1) is 14.1. The summed E-state index contributed by atoms with van der Waals surface area (Å²) < 4.78 is 34.2. The van der Waals surface area contributed by atoms with Crippen molar-refractivity contribution in [3.8, 4) is 11.4 Å². The van der Waals surface area contributed by atoms with Gasteiger partial charge in [0.25, 0.3) is 6.43 Å². The van der Waals surface area contributed by atoms with E-state index >= 15 is 0 Å². The number of carbonyl (C=O) groups excluding carboxylic acids is 1. The first-order valence-corrected chi connectivity index (χ1v) is 9.42. The highest BCUT2D eigenvalue weighted by molar-refractivity contribution is 5.95. The molecule has 150 valence electrons. The van der Waals surface area contributed by atoms with Crippen LogP contribution in [-0.4, -0.2) is 45.4 Å². The molecule has 2 N–H and O–H groups in total. The number of fused-ring (bicyclic) bond motifs is 2. The predicted molar refractivity (Wildman–Crippen MR) is 101 cm³/mol. The lowest BCUT2D eigenvalue weighted by Crippen LogP contribution is -2.30. The minimum atomic E-state index is -2.91. The van der Waals surface area contributed by atoms with Crippen LogP contribution in [0.2, 0.25) is 0 Å². The van der Waals surface area contributed by atoms with Crippen LogP contribution in [-0.2, 0) is 4.74 Å². The molecule has 2 aliphatic heterocycles. The van der Waals surface area contributed by atoms with Crippen molar-refractivity contribution in [1.82, 2.24) is 25.1 Å². The number of hydrogen-bond donors (Lipinski definition) is 2. The minimum Gasteiger partial charge on any atom is -0.435 e. The van der Waals surface area contributed by atoms with E-state index in [0.717, 1.165) is 36.8 Å². The predicted octanol–water partition coefficient (Wildman–Crippen LogP) is 3.29. The molecule has 1 atom stereocenters. The Labute approximate surface area is 164 Å². The quantitative estimate of drug-likeness (QED) is 0.701. The Morgan fingerprint density at radius 2 is 1.93 bits per heavy atom. The van der Waals surface area contributed by atoms with Crippen LogP contribution >= 0.6 is 0 Å². The van der Waals surface area contributed by atoms with Gasteiger partial charge in [-0.15, -0.1) is 0 Å². The number of halogens is 2. The molecule has 0 unspecified atom stereocenters. The van der Waals surface area contributed by atoms with Crippen molar-refractivity contribution >= 4 is 22.8 Å². The molecule has 1 amide bonds. The number of amides is 1. The second-order valence-corrected chi connectivity index (χ2v) is 7.06. The molecule has 0 radical (unpaired) electrons. The van der Waals surface area contributed by atoms with Crippen LogP contribution < -0.4 is 10.6 Å². The van der Waals surface area contributed by atoms with Crippen LogP contribution in [0.15, 0.2) is 30.6 Å². The summed E-state index contributed by atoms with van der Waals surface area (Å²) in [5.74, 6) is 0.0250. The van der Waals surface area contributed by atoms with E-state index in [1.807, 2.05) is 28.9 Å². The van der Waals surface area contributed by atoms with Crippen molar-refractivity contribution in [3.05, 3.63) is 36.2 Å². The Bertz CT molecular complexity index is 1080. The molecule has 29 heavy (non-hydrogen) atoms. The third kappa shape index (κ3) is 3.00. The van der Waals surface area contributed by atoms with Gasteiger partial charge in [-0.2, -0.15) is 5.10 Å². The molecular weight excluding hydrogens is 382 g/mol. The molecule has 0 spiro atoms. The second-order valence-electron chi connectivity index (χ2n) is 7.06.